The largest absolute Gasteiger partial charge is 0.361 e. The van der Waals surface area contributed by atoms with E-state index in [4.69, 9.17) is 23.8 Å². The van der Waals surface area contributed by atoms with Crippen molar-refractivity contribution in [2.45, 2.75) is 6.42 Å². The number of hydrogen-bond donors (Lipinski definition) is 2. The molecular formula is C18H14ClN5S. The van der Waals surface area contributed by atoms with Crippen molar-refractivity contribution in [2.24, 2.45) is 5.10 Å². The Morgan fingerprint density at radius 3 is 2.80 bits per heavy atom. The van der Waals surface area contributed by atoms with Crippen molar-refractivity contribution in [3.8, 4) is 0 Å². The number of aromatic nitrogens is 4. The molecule has 25 heavy (non-hydrogen) atoms. The van der Waals surface area contributed by atoms with Gasteiger partial charge in [-0.1, -0.05) is 41.9 Å². The Bertz CT molecular complexity index is 1100. The number of hydrogen-bond acceptors (Lipinski definition) is 3. The molecule has 5 nitrogen and oxygen atoms in total. The van der Waals surface area contributed by atoms with E-state index in [-0.39, 0.29) is 0 Å². The number of fused-ring (bicyclic) bond motifs is 1. The summed E-state index contributed by atoms with van der Waals surface area (Å²) in [6.07, 6.45) is 4.35. The zero-order chi connectivity index (χ0) is 17.2. The minimum Gasteiger partial charge on any atom is -0.361 e. The summed E-state index contributed by atoms with van der Waals surface area (Å²) in [6.45, 7) is 0. The molecule has 0 saturated carbocycles. The molecule has 0 unspecified atom stereocenters. The van der Waals surface area contributed by atoms with E-state index < -0.39 is 0 Å². The van der Waals surface area contributed by atoms with Crippen LogP contribution in [0.5, 0.6) is 0 Å². The molecule has 0 bridgehead atoms. The van der Waals surface area contributed by atoms with E-state index in [9.17, 15) is 0 Å². The summed E-state index contributed by atoms with van der Waals surface area (Å²) in [5.41, 5.74) is 3.18. The topological polar surface area (TPSA) is 61.8 Å². The molecule has 0 radical (unpaired) electrons. The molecule has 2 N–H and O–H groups in total. The number of H-pyrrole nitrogens is 2. The zero-order valence-corrected chi connectivity index (χ0v) is 14.7. The first-order valence-corrected chi connectivity index (χ1v) is 8.50. The first-order chi connectivity index (χ1) is 12.2. The molecule has 4 aromatic rings. The van der Waals surface area contributed by atoms with Gasteiger partial charge in [0.25, 0.3) is 0 Å². The summed E-state index contributed by atoms with van der Waals surface area (Å²) in [5, 5.41) is 13.5. The van der Waals surface area contributed by atoms with Crippen molar-refractivity contribution in [1.29, 1.82) is 0 Å². The standard InChI is InChI=1S/C18H14ClN5S/c19-14-7-5-12(6-8-14)10-21-24-17(22-23-18(24)25)9-13-11-20-16-4-2-1-3-15(13)16/h1-8,10-11,20H,9H2,(H,23,25)/b21-10-. The first-order valence-electron chi connectivity index (χ1n) is 7.72. The number of halogens is 1. The summed E-state index contributed by atoms with van der Waals surface area (Å²) in [5.74, 6) is 0.750. The normalized spacial score (nSPS) is 11.6. The van der Waals surface area contributed by atoms with Gasteiger partial charge in [-0.2, -0.15) is 14.9 Å². The molecule has 0 spiro atoms. The molecule has 2 aromatic carbocycles. The van der Waals surface area contributed by atoms with Crippen LogP contribution in [-0.2, 0) is 6.42 Å². The summed E-state index contributed by atoms with van der Waals surface area (Å²) >= 11 is 11.2. The van der Waals surface area contributed by atoms with Crippen LogP contribution in [0.3, 0.4) is 0 Å². The number of benzene rings is 2. The highest BCUT2D eigenvalue weighted by atomic mass is 35.5. The Hall–Kier alpha value is -2.70. The lowest BCUT2D eigenvalue weighted by atomic mass is 10.1. The Kier molecular flexibility index (Phi) is 4.21. The average Bonchev–Trinajstić information content (AvgIpc) is 3.19. The fourth-order valence-electron chi connectivity index (χ4n) is 2.68. The van der Waals surface area contributed by atoms with E-state index in [0.717, 1.165) is 22.5 Å². The minimum absolute atomic E-state index is 0.458. The van der Waals surface area contributed by atoms with Crippen LogP contribution in [0, 0.1) is 4.77 Å². The lowest BCUT2D eigenvalue weighted by Crippen LogP contribution is -2.00. The van der Waals surface area contributed by atoms with Gasteiger partial charge < -0.3 is 4.98 Å². The second kappa shape index (κ2) is 6.66. The fraction of sp³-hybridized carbons (Fsp3) is 0.0556. The van der Waals surface area contributed by atoms with Crippen molar-refractivity contribution in [2.75, 3.05) is 0 Å². The smallest absolute Gasteiger partial charge is 0.216 e. The van der Waals surface area contributed by atoms with Crippen LogP contribution in [-0.4, -0.2) is 26.1 Å². The molecule has 124 valence electrons. The second-order valence-corrected chi connectivity index (χ2v) is 6.41. The van der Waals surface area contributed by atoms with Crippen LogP contribution in [0.1, 0.15) is 17.0 Å². The first kappa shape index (κ1) is 15.8. The fourth-order valence-corrected chi connectivity index (χ4v) is 3.00. The third kappa shape index (κ3) is 3.26. The molecule has 0 aliphatic heterocycles. The minimum atomic E-state index is 0.458. The van der Waals surface area contributed by atoms with Crippen LogP contribution < -0.4 is 0 Å². The van der Waals surface area contributed by atoms with Crippen LogP contribution in [0.2, 0.25) is 5.02 Å². The Balaban J connectivity index is 1.65. The highest BCUT2D eigenvalue weighted by Crippen LogP contribution is 2.20. The maximum Gasteiger partial charge on any atom is 0.216 e. The molecular weight excluding hydrogens is 354 g/mol. The predicted molar refractivity (Wildman–Crippen MR) is 103 cm³/mol. The van der Waals surface area contributed by atoms with Gasteiger partial charge in [-0.05, 0) is 41.5 Å². The number of rotatable bonds is 4. The van der Waals surface area contributed by atoms with Gasteiger partial charge in [0.15, 0.2) is 5.82 Å². The van der Waals surface area contributed by atoms with E-state index in [1.54, 1.807) is 10.9 Å². The van der Waals surface area contributed by atoms with E-state index in [2.05, 4.69) is 32.4 Å². The second-order valence-electron chi connectivity index (χ2n) is 5.59. The molecule has 0 aliphatic carbocycles. The van der Waals surface area contributed by atoms with Crippen molar-refractivity contribution in [3.05, 3.63) is 81.5 Å². The maximum atomic E-state index is 5.90. The van der Waals surface area contributed by atoms with E-state index in [0.29, 0.717) is 16.2 Å². The van der Waals surface area contributed by atoms with Gasteiger partial charge in [-0.3, -0.25) is 5.10 Å². The monoisotopic (exact) mass is 367 g/mol. The van der Waals surface area contributed by atoms with Gasteiger partial charge in [-0.15, -0.1) is 0 Å². The van der Waals surface area contributed by atoms with E-state index in [1.165, 1.54) is 5.39 Å². The summed E-state index contributed by atoms with van der Waals surface area (Å²) in [4.78, 5) is 3.27. The number of nitrogens with zero attached hydrogens (tertiary/aromatic N) is 3. The zero-order valence-electron chi connectivity index (χ0n) is 13.1. The Morgan fingerprint density at radius 2 is 1.96 bits per heavy atom. The molecule has 0 atom stereocenters. The van der Waals surface area contributed by atoms with Crippen LogP contribution in [0.15, 0.2) is 59.8 Å². The highest BCUT2D eigenvalue weighted by molar-refractivity contribution is 7.71. The number of nitrogens with one attached hydrogen (secondary N) is 2. The summed E-state index contributed by atoms with van der Waals surface area (Å²) in [7, 11) is 0. The van der Waals surface area contributed by atoms with Crippen molar-refractivity contribution < 1.29 is 0 Å². The molecule has 0 fully saturated rings. The quantitative estimate of drug-likeness (QED) is 0.410. The lowest BCUT2D eigenvalue weighted by molar-refractivity contribution is 0.793. The molecule has 7 heteroatoms. The van der Waals surface area contributed by atoms with Gasteiger partial charge in [0.1, 0.15) is 0 Å². The van der Waals surface area contributed by atoms with Gasteiger partial charge in [0.05, 0.1) is 6.21 Å². The molecule has 0 saturated heterocycles. The third-order valence-corrected chi connectivity index (χ3v) is 4.45. The molecule has 0 aliphatic rings. The van der Waals surface area contributed by atoms with Crippen molar-refractivity contribution in [1.82, 2.24) is 19.9 Å². The van der Waals surface area contributed by atoms with Crippen LogP contribution in [0.25, 0.3) is 10.9 Å². The third-order valence-electron chi connectivity index (χ3n) is 3.93. The molecule has 2 heterocycles. The van der Waals surface area contributed by atoms with Gasteiger partial charge in [0, 0.05) is 28.5 Å². The molecule has 2 aromatic heterocycles. The average molecular weight is 368 g/mol. The summed E-state index contributed by atoms with van der Waals surface area (Å²) in [6, 6.07) is 15.6. The Labute approximate surface area is 154 Å². The summed E-state index contributed by atoms with van der Waals surface area (Å²) < 4.78 is 2.10. The highest BCUT2D eigenvalue weighted by Gasteiger charge is 2.10. The molecule has 4 rings (SSSR count). The molecule has 0 amide bonds. The lowest BCUT2D eigenvalue weighted by Gasteiger charge is -2.01. The van der Waals surface area contributed by atoms with Gasteiger partial charge >= 0.3 is 0 Å². The number of aromatic amines is 2. The van der Waals surface area contributed by atoms with Crippen LogP contribution >= 0.6 is 23.8 Å². The predicted octanol–water partition coefficient (Wildman–Crippen LogP) is 4.55. The van der Waals surface area contributed by atoms with E-state index >= 15 is 0 Å². The maximum absolute atomic E-state index is 5.90. The number of para-hydroxylation sites is 1. The van der Waals surface area contributed by atoms with Gasteiger partial charge in [0.2, 0.25) is 4.77 Å². The van der Waals surface area contributed by atoms with Gasteiger partial charge in [-0.25, -0.2) is 0 Å². The SMILES string of the molecule is S=c1[nH]nc(Cc2c[nH]c3ccccc23)n1/N=C\c1ccc(Cl)cc1. The van der Waals surface area contributed by atoms with Crippen molar-refractivity contribution in [3.63, 3.8) is 0 Å². The van der Waals surface area contributed by atoms with Crippen molar-refractivity contribution >= 4 is 40.9 Å². The van der Waals surface area contributed by atoms with Crippen LogP contribution in [0.4, 0.5) is 0 Å². The Morgan fingerprint density at radius 1 is 1.16 bits per heavy atom. The van der Waals surface area contributed by atoms with E-state index in [1.807, 2.05) is 42.6 Å².